The van der Waals surface area contributed by atoms with Crippen LogP contribution in [0, 0.1) is 12.8 Å². The zero-order valence-corrected chi connectivity index (χ0v) is 13.8. The Hall–Kier alpha value is -1.46. The third-order valence-electron chi connectivity index (χ3n) is 3.73. The second-order valence-electron chi connectivity index (χ2n) is 5.73. The Morgan fingerprint density at radius 1 is 1.14 bits per heavy atom. The predicted molar refractivity (Wildman–Crippen MR) is 87.1 cm³/mol. The van der Waals surface area contributed by atoms with Crippen LogP contribution in [0.3, 0.4) is 0 Å². The molecule has 0 amide bonds. The lowest BCUT2D eigenvalue weighted by atomic mass is 10.2. The highest BCUT2D eigenvalue weighted by molar-refractivity contribution is 7.89. The molecule has 0 unspecified atom stereocenters. The van der Waals surface area contributed by atoms with Gasteiger partial charge in [-0.05, 0) is 44.2 Å². The number of sulfonamides is 1. The second-order valence-corrected chi connectivity index (χ2v) is 7.66. The number of hydrogen-bond acceptors (Lipinski definition) is 3. The van der Waals surface area contributed by atoms with E-state index < -0.39 is 10.0 Å². The molecule has 1 aliphatic rings. The zero-order chi connectivity index (χ0) is 16.0. The normalized spacial score (nSPS) is 15.5. The van der Waals surface area contributed by atoms with Gasteiger partial charge in [0.15, 0.2) is 0 Å². The van der Waals surface area contributed by atoms with Crippen LogP contribution in [0.1, 0.15) is 31.2 Å². The number of hydrogen-bond donors (Lipinski definition) is 0. The number of aryl methyl sites for hydroxylation is 1. The van der Waals surface area contributed by atoms with E-state index in [9.17, 15) is 13.2 Å². The lowest BCUT2D eigenvalue weighted by Crippen LogP contribution is -2.33. The van der Waals surface area contributed by atoms with Crippen LogP contribution in [0.25, 0.3) is 0 Å². The van der Waals surface area contributed by atoms with Crippen molar-refractivity contribution in [1.29, 1.82) is 0 Å². The largest absolute Gasteiger partial charge is 0.303 e. The molecule has 5 heteroatoms. The van der Waals surface area contributed by atoms with Gasteiger partial charge >= 0.3 is 0 Å². The fraction of sp³-hybridized carbons (Fsp3) is 0.471. The van der Waals surface area contributed by atoms with Crippen molar-refractivity contribution in [1.82, 2.24) is 4.31 Å². The first-order valence-electron chi connectivity index (χ1n) is 7.71. The minimum Gasteiger partial charge on any atom is -0.303 e. The second kappa shape index (κ2) is 7.70. The van der Waals surface area contributed by atoms with Gasteiger partial charge in [0.05, 0.1) is 4.90 Å². The van der Waals surface area contributed by atoms with E-state index in [1.807, 2.05) is 6.92 Å². The fourth-order valence-electron chi connectivity index (χ4n) is 2.20. The van der Waals surface area contributed by atoms with Gasteiger partial charge in [-0.2, -0.15) is 4.31 Å². The van der Waals surface area contributed by atoms with Crippen LogP contribution in [0.2, 0.25) is 0 Å². The van der Waals surface area contributed by atoms with Crippen molar-refractivity contribution in [3.63, 3.8) is 0 Å². The maximum Gasteiger partial charge on any atom is 0.243 e. The molecule has 1 fully saturated rings. The van der Waals surface area contributed by atoms with Crippen molar-refractivity contribution in [3.8, 4) is 0 Å². The number of carbonyl (C=O) groups excluding carboxylic acids is 1. The summed E-state index contributed by atoms with van der Waals surface area (Å²) < 4.78 is 26.8. The van der Waals surface area contributed by atoms with Crippen LogP contribution in [0.4, 0.5) is 0 Å². The standard InChI is InChI=1S/C17H23NO3S/c1-15-6-10-17(11-7-15)22(20,21)18(13-4-14-19)12-3-2-5-16-8-9-16/h2,5-7,10-11,14,16H,3-4,8-9,12-13H2,1H3/b5-2+. The van der Waals surface area contributed by atoms with E-state index in [-0.39, 0.29) is 17.9 Å². The Bertz CT molecular complexity index is 616. The van der Waals surface area contributed by atoms with E-state index >= 15 is 0 Å². The monoisotopic (exact) mass is 321 g/mol. The van der Waals surface area contributed by atoms with Crippen LogP contribution in [-0.4, -0.2) is 32.1 Å². The van der Waals surface area contributed by atoms with E-state index in [2.05, 4.69) is 12.2 Å². The van der Waals surface area contributed by atoms with Crippen molar-refractivity contribution in [2.45, 2.75) is 37.5 Å². The molecule has 1 saturated carbocycles. The third-order valence-corrected chi connectivity index (χ3v) is 5.64. The molecule has 0 saturated heterocycles. The molecule has 0 spiro atoms. The molecular weight excluding hydrogens is 298 g/mol. The third kappa shape index (κ3) is 4.78. The Labute approximate surface area is 132 Å². The lowest BCUT2D eigenvalue weighted by Gasteiger charge is -2.21. The molecule has 120 valence electrons. The van der Waals surface area contributed by atoms with E-state index in [0.717, 1.165) is 11.8 Å². The molecule has 0 heterocycles. The highest BCUT2D eigenvalue weighted by Crippen LogP contribution is 2.30. The van der Waals surface area contributed by atoms with Crippen LogP contribution in [-0.2, 0) is 14.8 Å². The predicted octanol–water partition coefficient (Wildman–Crippen LogP) is 2.93. The topological polar surface area (TPSA) is 54.5 Å². The van der Waals surface area contributed by atoms with Gasteiger partial charge in [0.1, 0.15) is 6.29 Å². The molecule has 2 rings (SSSR count). The molecule has 0 aliphatic heterocycles. The van der Waals surface area contributed by atoms with Crippen LogP contribution < -0.4 is 0 Å². The SMILES string of the molecule is Cc1ccc(S(=O)(=O)N(CCC=O)CC/C=C/C2CC2)cc1. The van der Waals surface area contributed by atoms with Gasteiger partial charge in [-0.25, -0.2) is 8.42 Å². The highest BCUT2D eigenvalue weighted by Gasteiger charge is 2.23. The molecular formula is C17H23NO3S. The Kier molecular flexibility index (Phi) is 5.91. The zero-order valence-electron chi connectivity index (χ0n) is 12.9. The maximum absolute atomic E-state index is 12.7. The summed E-state index contributed by atoms with van der Waals surface area (Å²) in [5, 5.41) is 0. The van der Waals surface area contributed by atoms with Gasteiger partial charge in [-0.15, -0.1) is 0 Å². The molecule has 0 N–H and O–H groups in total. The first-order valence-corrected chi connectivity index (χ1v) is 9.15. The van der Waals surface area contributed by atoms with Crippen molar-refractivity contribution >= 4 is 16.3 Å². The number of benzene rings is 1. The van der Waals surface area contributed by atoms with Gasteiger partial charge in [-0.1, -0.05) is 29.8 Å². The molecule has 1 aliphatic carbocycles. The maximum atomic E-state index is 12.7. The quantitative estimate of drug-likeness (QED) is 0.519. The first-order chi connectivity index (χ1) is 10.5. The van der Waals surface area contributed by atoms with Crippen molar-refractivity contribution < 1.29 is 13.2 Å². The van der Waals surface area contributed by atoms with Crippen molar-refractivity contribution in [3.05, 3.63) is 42.0 Å². The van der Waals surface area contributed by atoms with Gasteiger partial charge in [0, 0.05) is 19.5 Å². The van der Waals surface area contributed by atoms with E-state index in [4.69, 9.17) is 0 Å². The molecule has 22 heavy (non-hydrogen) atoms. The Morgan fingerprint density at radius 2 is 1.77 bits per heavy atom. The average molecular weight is 321 g/mol. The summed E-state index contributed by atoms with van der Waals surface area (Å²) in [5.74, 6) is 0.692. The number of aldehydes is 1. The molecule has 0 radical (unpaired) electrons. The van der Waals surface area contributed by atoms with Gasteiger partial charge in [0.2, 0.25) is 10.0 Å². The van der Waals surface area contributed by atoms with Crippen molar-refractivity contribution in [2.75, 3.05) is 13.1 Å². The summed E-state index contributed by atoms with van der Waals surface area (Å²) in [7, 11) is -3.53. The average Bonchev–Trinajstić information content (AvgIpc) is 3.31. The van der Waals surface area contributed by atoms with Gasteiger partial charge in [-0.3, -0.25) is 0 Å². The molecule has 4 nitrogen and oxygen atoms in total. The summed E-state index contributed by atoms with van der Waals surface area (Å²) >= 11 is 0. The van der Waals surface area contributed by atoms with E-state index in [1.54, 1.807) is 24.3 Å². The summed E-state index contributed by atoms with van der Waals surface area (Å²) in [5.41, 5.74) is 1.02. The van der Waals surface area contributed by atoms with Crippen molar-refractivity contribution in [2.24, 2.45) is 5.92 Å². The number of carbonyl (C=O) groups is 1. The molecule has 0 atom stereocenters. The minimum atomic E-state index is -3.53. The lowest BCUT2D eigenvalue weighted by molar-refractivity contribution is -0.107. The number of rotatable bonds is 9. The Morgan fingerprint density at radius 3 is 2.36 bits per heavy atom. The Balaban J connectivity index is 2.07. The summed E-state index contributed by atoms with van der Waals surface area (Å²) in [4.78, 5) is 10.9. The molecule has 0 aromatic heterocycles. The number of nitrogens with zero attached hydrogens (tertiary/aromatic N) is 1. The molecule has 1 aromatic carbocycles. The summed E-state index contributed by atoms with van der Waals surface area (Å²) in [6.45, 7) is 2.56. The minimum absolute atomic E-state index is 0.220. The smallest absolute Gasteiger partial charge is 0.243 e. The summed E-state index contributed by atoms with van der Waals surface area (Å²) in [6.07, 6.45) is 8.36. The molecule has 0 bridgehead atoms. The van der Waals surface area contributed by atoms with Crippen LogP contribution in [0.15, 0.2) is 41.3 Å². The van der Waals surface area contributed by atoms with Crippen LogP contribution >= 0.6 is 0 Å². The van der Waals surface area contributed by atoms with Gasteiger partial charge < -0.3 is 4.79 Å². The highest BCUT2D eigenvalue weighted by atomic mass is 32.2. The van der Waals surface area contributed by atoms with Crippen LogP contribution in [0.5, 0.6) is 0 Å². The van der Waals surface area contributed by atoms with E-state index in [0.29, 0.717) is 18.9 Å². The van der Waals surface area contributed by atoms with E-state index in [1.165, 1.54) is 17.1 Å². The molecule has 1 aromatic rings. The van der Waals surface area contributed by atoms with Gasteiger partial charge in [0.25, 0.3) is 0 Å². The number of allylic oxidation sites excluding steroid dienone is 1. The summed E-state index contributed by atoms with van der Waals surface area (Å²) in [6, 6.07) is 6.83. The first kappa shape index (κ1) is 16.9. The fourth-order valence-corrected chi connectivity index (χ4v) is 3.67.